The van der Waals surface area contributed by atoms with Gasteiger partial charge >= 0.3 is 0 Å². The molecule has 0 unspecified atom stereocenters. The number of para-hydroxylation sites is 1. The lowest BCUT2D eigenvalue weighted by atomic mass is 9.95. The fourth-order valence-corrected chi connectivity index (χ4v) is 2.63. The summed E-state index contributed by atoms with van der Waals surface area (Å²) >= 11 is 0. The molecule has 1 saturated heterocycles. The van der Waals surface area contributed by atoms with E-state index in [2.05, 4.69) is 34.5 Å². The van der Waals surface area contributed by atoms with Crippen molar-refractivity contribution in [2.75, 3.05) is 31.1 Å². The van der Waals surface area contributed by atoms with Gasteiger partial charge in [0.2, 0.25) is 5.91 Å². The van der Waals surface area contributed by atoms with Crippen molar-refractivity contribution >= 4 is 11.6 Å². The molecule has 110 valence electrons. The van der Waals surface area contributed by atoms with Crippen molar-refractivity contribution < 1.29 is 9.90 Å². The normalized spacial score (nSPS) is 16.1. The van der Waals surface area contributed by atoms with E-state index in [1.807, 2.05) is 6.07 Å². The van der Waals surface area contributed by atoms with Crippen molar-refractivity contribution in [1.82, 2.24) is 5.32 Å². The van der Waals surface area contributed by atoms with Gasteiger partial charge in [-0.05, 0) is 37.8 Å². The number of anilines is 1. The number of benzene rings is 1. The second-order valence-corrected chi connectivity index (χ2v) is 5.32. The van der Waals surface area contributed by atoms with E-state index in [1.165, 1.54) is 5.69 Å². The van der Waals surface area contributed by atoms with Crippen LogP contribution >= 0.6 is 0 Å². The molecule has 1 amide bonds. The van der Waals surface area contributed by atoms with E-state index in [-0.39, 0.29) is 18.4 Å². The minimum atomic E-state index is 0.143. The molecule has 2 rings (SSSR count). The third kappa shape index (κ3) is 4.23. The Hall–Kier alpha value is -1.55. The molecular weight excluding hydrogens is 252 g/mol. The number of carbonyl (C=O) groups is 1. The minimum absolute atomic E-state index is 0.143. The Bertz CT molecular complexity index is 400. The van der Waals surface area contributed by atoms with E-state index in [4.69, 9.17) is 5.11 Å². The molecule has 0 bridgehead atoms. The highest BCUT2D eigenvalue weighted by atomic mass is 16.2. The molecule has 1 aromatic rings. The molecule has 0 aliphatic carbocycles. The zero-order chi connectivity index (χ0) is 14.2. The molecule has 1 fully saturated rings. The summed E-state index contributed by atoms with van der Waals surface area (Å²) in [7, 11) is 0. The van der Waals surface area contributed by atoms with E-state index in [1.54, 1.807) is 0 Å². The zero-order valence-electron chi connectivity index (χ0n) is 11.9. The van der Waals surface area contributed by atoms with Gasteiger partial charge in [-0.3, -0.25) is 4.79 Å². The molecule has 0 saturated carbocycles. The van der Waals surface area contributed by atoms with Crippen LogP contribution in [0.3, 0.4) is 0 Å². The lowest BCUT2D eigenvalue weighted by Crippen LogP contribution is -2.40. The maximum absolute atomic E-state index is 12.0. The van der Waals surface area contributed by atoms with Gasteiger partial charge in [-0.15, -0.1) is 0 Å². The average Bonchev–Trinajstić information content (AvgIpc) is 2.52. The Morgan fingerprint density at radius 3 is 2.55 bits per heavy atom. The number of hydrogen-bond acceptors (Lipinski definition) is 3. The first-order valence-electron chi connectivity index (χ1n) is 7.50. The van der Waals surface area contributed by atoms with E-state index in [0.717, 1.165) is 38.8 Å². The number of aliphatic hydroxyl groups excluding tert-OH is 1. The van der Waals surface area contributed by atoms with Crippen LogP contribution in [0.25, 0.3) is 0 Å². The summed E-state index contributed by atoms with van der Waals surface area (Å²) in [6.07, 6.45) is 3.44. The quantitative estimate of drug-likeness (QED) is 0.779. The topological polar surface area (TPSA) is 52.6 Å². The SMILES string of the molecule is O=C(NCCCCO)C1CCN(c2ccccc2)CC1. The number of hydrogen-bond donors (Lipinski definition) is 2. The third-order valence-electron chi connectivity index (χ3n) is 3.87. The van der Waals surface area contributed by atoms with E-state index in [9.17, 15) is 4.79 Å². The molecule has 0 radical (unpaired) electrons. The van der Waals surface area contributed by atoms with Gasteiger partial charge in [0.25, 0.3) is 0 Å². The second-order valence-electron chi connectivity index (χ2n) is 5.32. The number of aliphatic hydroxyl groups is 1. The summed E-state index contributed by atoms with van der Waals surface area (Å²) in [5.74, 6) is 0.319. The second kappa shape index (κ2) is 7.90. The van der Waals surface area contributed by atoms with Crippen LogP contribution in [-0.4, -0.2) is 37.3 Å². The van der Waals surface area contributed by atoms with Crippen molar-refractivity contribution in [3.63, 3.8) is 0 Å². The molecule has 0 aromatic heterocycles. The summed E-state index contributed by atoms with van der Waals surface area (Å²) in [6.45, 7) is 2.76. The summed E-state index contributed by atoms with van der Waals surface area (Å²) in [5.41, 5.74) is 1.24. The van der Waals surface area contributed by atoms with Gasteiger partial charge in [0.1, 0.15) is 0 Å². The Balaban J connectivity index is 1.72. The number of amides is 1. The third-order valence-corrected chi connectivity index (χ3v) is 3.87. The molecule has 1 aliphatic rings. The fraction of sp³-hybridized carbons (Fsp3) is 0.562. The van der Waals surface area contributed by atoms with Gasteiger partial charge in [0.05, 0.1) is 0 Å². The Morgan fingerprint density at radius 1 is 1.20 bits per heavy atom. The van der Waals surface area contributed by atoms with Crippen LogP contribution in [-0.2, 0) is 4.79 Å². The molecule has 20 heavy (non-hydrogen) atoms. The fourth-order valence-electron chi connectivity index (χ4n) is 2.63. The predicted octanol–water partition coefficient (Wildman–Crippen LogP) is 1.79. The molecule has 4 heteroatoms. The molecule has 1 heterocycles. The Morgan fingerprint density at radius 2 is 1.90 bits per heavy atom. The molecule has 0 atom stereocenters. The molecule has 1 aliphatic heterocycles. The van der Waals surface area contributed by atoms with E-state index in [0.29, 0.717) is 6.54 Å². The molecule has 1 aromatic carbocycles. The summed E-state index contributed by atoms with van der Waals surface area (Å²) in [4.78, 5) is 14.4. The highest BCUT2D eigenvalue weighted by Crippen LogP contribution is 2.22. The van der Waals surface area contributed by atoms with Gasteiger partial charge in [0.15, 0.2) is 0 Å². The number of piperidine rings is 1. The summed E-state index contributed by atoms with van der Waals surface area (Å²) in [6, 6.07) is 10.4. The number of carbonyl (C=O) groups excluding carboxylic acids is 1. The van der Waals surface area contributed by atoms with Crippen molar-refractivity contribution in [3.8, 4) is 0 Å². The van der Waals surface area contributed by atoms with Gasteiger partial charge in [0, 0.05) is 37.8 Å². The van der Waals surface area contributed by atoms with Gasteiger partial charge in [-0.2, -0.15) is 0 Å². The summed E-state index contributed by atoms with van der Waals surface area (Å²) < 4.78 is 0. The smallest absolute Gasteiger partial charge is 0.223 e. The number of nitrogens with zero attached hydrogens (tertiary/aromatic N) is 1. The number of nitrogens with one attached hydrogen (secondary N) is 1. The maximum Gasteiger partial charge on any atom is 0.223 e. The largest absolute Gasteiger partial charge is 0.396 e. The first-order valence-corrected chi connectivity index (χ1v) is 7.50. The average molecular weight is 276 g/mol. The monoisotopic (exact) mass is 276 g/mol. The van der Waals surface area contributed by atoms with Crippen LogP contribution in [0.5, 0.6) is 0 Å². The minimum Gasteiger partial charge on any atom is -0.396 e. The van der Waals surface area contributed by atoms with Crippen LogP contribution < -0.4 is 10.2 Å². The maximum atomic E-state index is 12.0. The highest BCUT2D eigenvalue weighted by Gasteiger charge is 2.24. The Kier molecular flexibility index (Phi) is 5.87. The van der Waals surface area contributed by atoms with Crippen LogP contribution in [0, 0.1) is 5.92 Å². The molecular formula is C16H24N2O2. The number of rotatable bonds is 6. The van der Waals surface area contributed by atoms with Crippen molar-refractivity contribution in [2.45, 2.75) is 25.7 Å². The lowest BCUT2D eigenvalue weighted by Gasteiger charge is -2.33. The van der Waals surface area contributed by atoms with Crippen LogP contribution in [0.4, 0.5) is 5.69 Å². The van der Waals surface area contributed by atoms with Gasteiger partial charge in [-0.25, -0.2) is 0 Å². The highest BCUT2D eigenvalue weighted by molar-refractivity contribution is 5.78. The van der Waals surface area contributed by atoms with Crippen molar-refractivity contribution in [3.05, 3.63) is 30.3 Å². The molecule has 4 nitrogen and oxygen atoms in total. The lowest BCUT2D eigenvalue weighted by molar-refractivity contribution is -0.125. The zero-order valence-corrected chi connectivity index (χ0v) is 11.9. The van der Waals surface area contributed by atoms with Crippen molar-refractivity contribution in [1.29, 1.82) is 0 Å². The predicted molar refractivity (Wildman–Crippen MR) is 80.7 cm³/mol. The van der Waals surface area contributed by atoms with Crippen LogP contribution in [0.15, 0.2) is 30.3 Å². The molecule has 2 N–H and O–H groups in total. The van der Waals surface area contributed by atoms with Crippen LogP contribution in [0.1, 0.15) is 25.7 Å². The van der Waals surface area contributed by atoms with Crippen LogP contribution in [0.2, 0.25) is 0 Å². The Labute approximate surface area is 120 Å². The van der Waals surface area contributed by atoms with Gasteiger partial charge < -0.3 is 15.3 Å². The first kappa shape index (κ1) is 14.9. The van der Waals surface area contributed by atoms with E-state index < -0.39 is 0 Å². The van der Waals surface area contributed by atoms with Gasteiger partial charge in [-0.1, -0.05) is 18.2 Å². The first-order chi connectivity index (χ1) is 9.81. The standard InChI is InChI=1S/C16H24N2O2/c19-13-5-4-10-17-16(20)14-8-11-18(12-9-14)15-6-2-1-3-7-15/h1-3,6-7,14,19H,4-5,8-13H2,(H,17,20). The van der Waals surface area contributed by atoms with Crippen molar-refractivity contribution in [2.24, 2.45) is 5.92 Å². The number of unbranched alkanes of at least 4 members (excludes halogenated alkanes) is 1. The summed E-state index contributed by atoms with van der Waals surface area (Å²) in [5, 5.41) is 11.7. The molecule has 0 spiro atoms. The van der Waals surface area contributed by atoms with E-state index >= 15 is 0 Å².